The number of anilines is 1. The summed E-state index contributed by atoms with van der Waals surface area (Å²) in [4.78, 5) is 7.97. The Balaban J connectivity index is 1.79. The van der Waals surface area contributed by atoms with Crippen molar-refractivity contribution in [1.29, 1.82) is 0 Å². The Labute approximate surface area is 215 Å². The first-order chi connectivity index (χ1) is 17.0. The molecule has 16 heteroatoms. The highest BCUT2D eigenvalue weighted by atomic mass is 32.2. The van der Waals surface area contributed by atoms with Crippen molar-refractivity contribution in [2.24, 2.45) is 0 Å². The van der Waals surface area contributed by atoms with E-state index in [9.17, 15) is 19.3 Å². The molecule has 1 saturated heterocycles. The van der Waals surface area contributed by atoms with E-state index in [0.29, 0.717) is 11.1 Å². The summed E-state index contributed by atoms with van der Waals surface area (Å²) in [5.41, 5.74) is 4.80. The number of hydrogen-bond donors (Lipinski definition) is 5. The molecule has 6 unspecified atom stereocenters. The maximum atomic E-state index is 13.6. The van der Waals surface area contributed by atoms with Gasteiger partial charge >= 0.3 is 0 Å². The molecule has 0 saturated carbocycles. The van der Waals surface area contributed by atoms with Crippen molar-refractivity contribution in [3.63, 3.8) is 0 Å². The lowest BCUT2D eigenvalue weighted by molar-refractivity contribution is -0.0643. The van der Waals surface area contributed by atoms with Gasteiger partial charge in [0, 0.05) is 5.56 Å². The molecule has 0 bridgehead atoms. The second-order valence-electron chi connectivity index (χ2n) is 7.79. The zero-order chi connectivity index (χ0) is 26.7. The van der Waals surface area contributed by atoms with Gasteiger partial charge in [-0.2, -0.15) is 0 Å². The Morgan fingerprint density at radius 1 is 1.36 bits per heavy atom. The average Bonchev–Trinajstić information content (AvgIpc) is 3.39. The van der Waals surface area contributed by atoms with Crippen LogP contribution in [0.3, 0.4) is 0 Å². The summed E-state index contributed by atoms with van der Waals surface area (Å²) >= 11 is 0.411. The van der Waals surface area contributed by atoms with Gasteiger partial charge in [-0.1, -0.05) is 0 Å². The lowest BCUT2D eigenvalue weighted by Gasteiger charge is -2.29. The van der Waals surface area contributed by atoms with E-state index < -0.39 is 50.3 Å². The van der Waals surface area contributed by atoms with Crippen molar-refractivity contribution in [2.75, 3.05) is 18.9 Å². The second kappa shape index (κ2) is 11.7. The van der Waals surface area contributed by atoms with E-state index in [1.165, 1.54) is 19.5 Å². The molecule has 2 aromatic heterocycles. The molecule has 36 heavy (non-hydrogen) atoms. The van der Waals surface area contributed by atoms with E-state index in [2.05, 4.69) is 30.0 Å². The minimum Gasteiger partial charge on any atom is -0.481 e. The molecule has 13 nitrogen and oxygen atoms in total. The van der Waals surface area contributed by atoms with Crippen LogP contribution >= 0.6 is 31.5 Å². The largest absolute Gasteiger partial charge is 0.481 e. The number of aliphatic hydroxyl groups is 2. The minimum atomic E-state index is -3.92. The fourth-order valence-electron chi connectivity index (χ4n) is 3.53. The molecule has 1 aliphatic rings. The maximum Gasteiger partial charge on any atom is 0.249 e. The first-order valence-corrected chi connectivity index (χ1v) is 13.5. The van der Waals surface area contributed by atoms with E-state index >= 15 is 0 Å². The summed E-state index contributed by atoms with van der Waals surface area (Å²) in [6.07, 6.45) is -0.208. The first-order valence-electron chi connectivity index (χ1n) is 10.2. The van der Waals surface area contributed by atoms with Crippen molar-refractivity contribution in [3.05, 3.63) is 54.6 Å². The number of furan rings is 1. The highest BCUT2D eigenvalue weighted by Gasteiger charge is 2.54. The quantitative estimate of drug-likeness (QED) is 0.135. The van der Waals surface area contributed by atoms with Crippen LogP contribution in [0.15, 0.2) is 40.3 Å². The van der Waals surface area contributed by atoms with Gasteiger partial charge in [0.25, 0.3) is 0 Å². The summed E-state index contributed by atoms with van der Waals surface area (Å²) in [5, 5.41) is 21.6. The molecule has 0 amide bonds. The SMILES string of the molecule is [CH2][CH]P(=O)(OCC1OC(c2coc3c(N)ncnc23)C(C)(O)C1O)C(COC(=C)SO)OC(=C)SO. The van der Waals surface area contributed by atoms with Gasteiger partial charge in [-0.3, -0.25) is 4.57 Å². The smallest absolute Gasteiger partial charge is 0.249 e. The predicted molar refractivity (Wildman–Crippen MR) is 133 cm³/mol. The van der Waals surface area contributed by atoms with Crippen LogP contribution in [0.2, 0.25) is 0 Å². The predicted octanol–water partition coefficient (Wildman–Crippen LogP) is 3.36. The first kappa shape index (κ1) is 28.8. The number of fused-ring (bicyclic) bond motifs is 1. The number of aromatic nitrogens is 2. The monoisotopic (exact) mass is 563 g/mol. The Hall–Kier alpha value is -1.81. The van der Waals surface area contributed by atoms with E-state index in [4.69, 9.17) is 33.4 Å². The molecule has 0 aromatic carbocycles. The van der Waals surface area contributed by atoms with E-state index in [0.717, 1.165) is 6.16 Å². The molecule has 0 spiro atoms. The summed E-state index contributed by atoms with van der Waals surface area (Å²) in [7, 11) is -3.92. The van der Waals surface area contributed by atoms with Gasteiger partial charge in [0.15, 0.2) is 21.6 Å². The van der Waals surface area contributed by atoms with Crippen LogP contribution < -0.4 is 5.73 Å². The highest BCUT2D eigenvalue weighted by Crippen LogP contribution is 2.57. The summed E-state index contributed by atoms with van der Waals surface area (Å²) in [6.45, 7) is 10.9. The van der Waals surface area contributed by atoms with Gasteiger partial charge in [-0.15, -0.1) is 0 Å². The van der Waals surface area contributed by atoms with Crippen LogP contribution in [0, 0.1) is 13.1 Å². The molecule has 3 heterocycles. The molecule has 2 radical (unpaired) electrons. The van der Waals surface area contributed by atoms with Crippen molar-refractivity contribution < 1.29 is 47.0 Å². The summed E-state index contributed by atoms with van der Waals surface area (Å²) in [5.74, 6) is -1.26. The van der Waals surface area contributed by atoms with E-state index in [-0.39, 0.29) is 45.7 Å². The number of hydrogen-bond acceptors (Lipinski definition) is 15. The van der Waals surface area contributed by atoms with Crippen LogP contribution in [-0.4, -0.2) is 66.2 Å². The Kier molecular flexibility index (Phi) is 9.36. The average molecular weight is 564 g/mol. The van der Waals surface area contributed by atoms with Gasteiger partial charge in [0.05, 0.1) is 43.1 Å². The molecule has 6 atom stereocenters. The highest BCUT2D eigenvalue weighted by molar-refractivity contribution is 7.97. The molecule has 6 N–H and O–H groups in total. The maximum absolute atomic E-state index is 13.6. The van der Waals surface area contributed by atoms with E-state index in [1.54, 1.807) is 0 Å². The third-order valence-electron chi connectivity index (χ3n) is 5.44. The Morgan fingerprint density at radius 3 is 2.69 bits per heavy atom. The van der Waals surface area contributed by atoms with Crippen molar-refractivity contribution in [1.82, 2.24) is 9.97 Å². The van der Waals surface area contributed by atoms with Gasteiger partial charge in [-0.05, 0) is 27.0 Å². The van der Waals surface area contributed by atoms with Crippen molar-refractivity contribution in [3.8, 4) is 0 Å². The lowest BCUT2D eigenvalue weighted by atomic mass is 9.89. The lowest BCUT2D eigenvalue weighted by Crippen LogP contribution is -2.43. The summed E-state index contributed by atoms with van der Waals surface area (Å²) < 4.78 is 59.3. The van der Waals surface area contributed by atoms with Gasteiger partial charge in [0.2, 0.25) is 13.2 Å². The number of nitrogens with two attached hydrogens (primary N) is 1. The fraction of sp³-hybridized carbons (Fsp3) is 0.400. The number of aliphatic hydroxyl groups excluding tert-OH is 1. The standard InChI is InChI=1S/C20H26N3O10PS2/c1-5-34(26,14(32-11(3)36-28)8-29-10(2)35-27)31-7-13-17(24)20(4,25)18(33-13)12-6-30-16-15(12)22-9-23-19(16)21/h5-6,9,13-14,17-18,24-25,27-28H,1-3,7-8H2,4H3,(H2,21,22,23). The topological polar surface area (TPSA) is 200 Å². The second-order valence-corrected chi connectivity index (χ2v) is 11.6. The van der Waals surface area contributed by atoms with Crippen LogP contribution in [0.5, 0.6) is 0 Å². The van der Waals surface area contributed by atoms with E-state index in [1.807, 2.05) is 0 Å². The molecule has 1 aliphatic heterocycles. The molecule has 0 aliphatic carbocycles. The number of rotatable bonds is 13. The molecule has 198 valence electrons. The number of nitrogen functional groups attached to an aromatic ring is 1. The van der Waals surface area contributed by atoms with Crippen LogP contribution in [0.4, 0.5) is 5.82 Å². The van der Waals surface area contributed by atoms with Gasteiger partial charge < -0.3 is 48.2 Å². The zero-order valence-electron chi connectivity index (χ0n) is 19.1. The molecular weight excluding hydrogens is 537 g/mol. The van der Waals surface area contributed by atoms with Crippen LogP contribution in [0.25, 0.3) is 11.1 Å². The third kappa shape index (κ3) is 5.85. The van der Waals surface area contributed by atoms with Crippen molar-refractivity contribution >= 4 is 48.4 Å². The summed E-state index contributed by atoms with van der Waals surface area (Å²) in [6, 6.07) is 0. The van der Waals surface area contributed by atoms with Gasteiger partial charge in [-0.25, -0.2) is 9.97 Å². The molecule has 3 rings (SSSR count). The van der Waals surface area contributed by atoms with Gasteiger partial charge in [0.1, 0.15) is 42.4 Å². The van der Waals surface area contributed by atoms with Crippen LogP contribution in [0.1, 0.15) is 18.6 Å². The minimum absolute atomic E-state index is 0.0920. The molecule has 2 aromatic rings. The molecular formula is C20H26N3O10PS2. The number of nitrogens with zero attached hydrogens (tertiary/aromatic N) is 2. The Bertz CT molecular complexity index is 1150. The fourth-order valence-corrected chi connectivity index (χ4v) is 5.32. The zero-order valence-corrected chi connectivity index (χ0v) is 21.6. The normalized spacial score (nSPS) is 26.4. The molecule has 1 fully saturated rings. The third-order valence-corrected chi connectivity index (χ3v) is 8.18. The van der Waals surface area contributed by atoms with Crippen molar-refractivity contribution in [2.45, 2.75) is 36.7 Å². The number of ether oxygens (including phenoxy) is 3. The van der Waals surface area contributed by atoms with Crippen LogP contribution in [-0.2, 0) is 23.3 Å². The Morgan fingerprint density at radius 2 is 2.06 bits per heavy atom.